The normalized spacial score (nSPS) is 10.4. The van der Waals surface area contributed by atoms with Gasteiger partial charge >= 0.3 is 0 Å². The number of amides is 1. The van der Waals surface area contributed by atoms with Gasteiger partial charge in [-0.2, -0.15) is 0 Å². The van der Waals surface area contributed by atoms with Crippen molar-refractivity contribution in [1.29, 1.82) is 0 Å². The molecule has 1 amide bonds. The second-order valence-corrected chi connectivity index (χ2v) is 4.62. The van der Waals surface area contributed by atoms with Crippen LogP contribution in [0.1, 0.15) is 10.4 Å². The molecule has 1 aromatic heterocycles. The molecule has 0 spiro atoms. The van der Waals surface area contributed by atoms with E-state index in [0.29, 0.717) is 12.1 Å². The Kier molecular flexibility index (Phi) is 3.93. The fraction of sp³-hybridized carbons (Fsp3) is 0. The molecule has 2 rings (SSSR count). The van der Waals surface area contributed by atoms with Crippen LogP contribution < -0.4 is 10.9 Å². The summed E-state index contributed by atoms with van der Waals surface area (Å²) in [5, 5.41) is 2.08. The molecule has 0 atom stereocenters. The number of carbonyl (C=O) groups excluding carboxylic acids is 1. The van der Waals surface area contributed by atoms with Gasteiger partial charge in [0, 0.05) is 18.3 Å². The molecule has 0 bridgehead atoms. The van der Waals surface area contributed by atoms with E-state index in [2.05, 4.69) is 26.2 Å². The Morgan fingerprint density at radius 1 is 1.10 bits per heavy atom. The van der Waals surface area contributed by atoms with Gasteiger partial charge in [0.25, 0.3) is 11.5 Å². The van der Waals surface area contributed by atoms with Crippen molar-refractivity contribution in [2.45, 2.75) is 0 Å². The first-order valence-corrected chi connectivity index (χ1v) is 6.02. The van der Waals surface area contributed by atoms with Crippen LogP contribution in [0.3, 0.4) is 0 Å². The number of benzene rings is 1. The molecular weight excluding hydrogens is 341 g/mol. The van der Waals surface area contributed by atoms with Gasteiger partial charge in [0.2, 0.25) is 0 Å². The van der Waals surface area contributed by atoms with Crippen molar-refractivity contribution in [1.82, 2.24) is 4.98 Å². The van der Waals surface area contributed by atoms with Crippen LogP contribution in [0, 0.1) is 17.5 Å². The molecule has 0 aliphatic rings. The summed E-state index contributed by atoms with van der Waals surface area (Å²) in [7, 11) is 0. The second-order valence-electron chi connectivity index (χ2n) is 3.77. The topological polar surface area (TPSA) is 62.0 Å². The lowest BCUT2D eigenvalue weighted by atomic mass is 10.2. The molecule has 1 heterocycles. The molecule has 8 heteroatoms. The average molecular weight is 347 g/mol. The van der Waals surface area contributed by atoms with Crippen molar-refractivity contribution in [3.05, 3.63) is 62.2 Å². The minimum Gasteiger partial charge on any atom is -0.327 e. The second kappa shape index (κ2) is 5.49. The summed E-state index contributed by atoms with van der Waals surface area (Å²) in [6, 6.07) is 2.07. The first-order valence-electron chi connectivity index (χ1n) is 5.22. The third kappa shape index (κ3) is 2.90. The molecule has 0 saturated heterocycles. The van der Waals surface area contributed by atoms with Gasteiger partial charge in [-0.15, -0.1) is 0 Å². The number of aromatic amines is 1. The number of nitrogens with one attached hydrogen (secondary N) is 2. The Hall–Kier alpha value is -2.09. The van der Waals surface area contributed by atoms with Crippen molar-refractivity contribution < 1.29 is 18.0 Å². The summed E-state index contributed by atoms with van der Waals surface area (Å²) in [5.41, 5.74) is -0.933. The first kappa shape index (κ1) is 14.3. The molecule has 2 aromatic rings. The highest BCUT2D eigenvalue weighted by molar-refractivity contribution is 9.10. The Labute approximate surface area is 118 Å². The van der Waals surface area contributed by atoms with Gasteiger partial charge in [0.05, 0.1) is 15.7 Å². The SMILES string of the molecule is O=C(Nc1cc(F)c(F)cc1F)c1c[nH]c(=O)c(Br)c1. The van der Waals surface area contributed by atoms with Gasteiger partial charge in [-0.1, -0.05) is 0 Å². The van der Waals surface area contributed by atoms with Crippen molar-refractivity contribution >= 4 is 27.5 Å². The molecule has 20 heavy (non-hydrogen) atoms. The standard InChI is InChI=1S/C12H6BrF3N2O2/c13-6-1-5(4-17-12(6)20)11(19)18-10-3-8(15)7(14)2-9(10)16/h1-4H,(H,17,20)(H,18,19). The van der Waals surface area contributed by atoms with E-state index >= 15 is 0 Å². The zero-order valence-electron chi connectivity index (χ0n) is 9.64. The maximum absolute atomic E-state index is 13.4. The van der Waals surface area contributed by atoms with Gasteiger partial charge in [0.15, 0.2) is 11.6 Å². The van der Waals surface area contributed by atoms with Crippen LogP contribution in [-0.4, -0.2) is 10.9 Å². The van der Waals surface area contributed by atoms with E-state index in [1.54, 1.807) is 0 Å². The van der Waals surface area contributed by atoms with E-state index < -0.39 is 34.6 Å². The minimum atomic E-state index is -1.35. The van der Waals surface area contributed by atoms with Crippen molar-refractivity contribution in [2.24, 2.45) is 0 Å². The number of H-pyrrole nitrogens is 1. The molecule has 0 unspecified atom stereocenters. The minimum absolute atomic E-state index is 0.0145. The third-order valence-electron chi connectivity index (χ3n) is 2.38. The Bertz CT molecular complexity index is 746. The molecule has 0 fully saturated rings. The van der Waals surface area contributed by atoms with Crippen molar-refractivity contribution in [3.63, 3.8) is 0 Å². The summed E-state index contributed by atoms with van der Waals surface area (Å²) in [6.07, 6.45) is 1.11. The number of carbonyl (C=O) groups is 1. The van der Waals surface area contributed by atoms with Crippen LogP contribution in [0.5, 0.6) is 0 Å². The summed E-state index contributed by atoms with van der Waals surface area (Å²) >= 11 is 2.93. The third-order valence-corrected chi connectivity index (χ3v) is 2.97. The van der Waals surface area contributed by atoms with E-state index in [1.165, 1.54) is 6.07 Å². The molecule has 104 valence electrons. The van der Waals surface area contributed by atoms with Crippen LogP contribution in [-0.2, 0) is 0 Å². The van der Waals surface area contributed by atoms with Crippen LogP contribution in [0.15, 0.2) is 33.7 Å². The number of anilines is 1. The molecule has 2 N–H and O–H groups in total. The number of halogens is 4. The molecule has 0 aliphatic carbocycles. The monoisotopic (exact) mass is 346 g/mol. The van der Waals surface area contributed by atoms with Crippen LogP contribution in [0.25, 0.3) is 0 Å². The Morgan fingerprint density at radius 2 is 1.75 bits per heavy atom. The molecule has 1 aromatic carbocycles. The number of pyridine rings is 1. The Balaban J connectivity index is 2.30. The van der Waals surface area contributed by atoms with E-state index in [4.69, 9.17) is 0 Å². The maximum Gasteiger partial charge on any atom is 0.262 e. The van der Waals surface area contributed by atoms with E-state index in [9.17, 15) is 22.8 Å². The van der Waals surface area contributed by atoms with Crippen LogP contribution >= 0.6 is 15.9 Å². The molecule has 0 radical (unpaired) electrons. The fourth-order valence-electron chi connectivity index (χ4n) is 1.40. The Morgan fingerprint density at radius 3 is 2.40 bits per heavy atom. The number of hydrogen-bond donors (Lipinski definition) is 2. The van der Waals surface area contributed by atoms with Gasteiger partial charge in [-0.05, 0) is 22.0 Å². The zero-order chi connectivity index (χ0) is 14.9. The number of aromatic nitrogens is 1. The van der Waals surface area contributed by atoms with E-state index in [0.717, 1.165) is 6.20 Å². The predicted molar refractivity (Wildman–Crippen MR) is 69.0 cm³/mol. The smallest absolute Gasteiger partial charge is 0.262 e. The highest BCUT2D eigenvalue weighted by atomic mass is 79.9. The maximum atomic E-state index is 13.4. The fourth-order valence-corrected chi connectivity index (χ4v) is 1.76. The lowest BCUT2D eigenvalue weighted by Crippen LogP contribution is -2.16. The molecular formula is C12H6BrF3N2O2. The zero-order valence-corrected chi connectivity index (χ0v) is 11.2. The summed E-state index contributed by atoms with van der Waals surface area (Å²) in [4.78, 5) is 25.2. The largest absolute Gasteiger partial charge is 0.327 e. The highest BCUT2D eigenvalue weighted by Gasteiger charge is 2.14. The van der Waals surface area contributed by atoms with Gasteiger partial charge in [-0.3, -0.25) is 9.59 Å². The van der Waals surface area contributed by atoms with E-state index in [1.807, 2.05) is 0 Å². The van der Waals surface area contributed by atoms with Gasteiger partial charge in [0.1, 0.15) is 5.82 Å². The van der Waals surface area contributed by atoms with Crippen LogP contribution in [0.2, 0.25) is 0 Å². The van der Waals surface area contributed by atoms with Crippen molar-refractivity contribution in [2.75, 3.05) is 5.32 Å². The summed E-state index contributed by atoms with van der Waals surface area (Å²) in [5.74, 6) is -4.54. The quantitative estimate of drug-likeness (QED) is 0.821. The van der Waals surface area contributed by atoms with E-state index in [-0.39, 0.29) is 10.0 Å². The summed E-state index contributed by atoms with van der Waals surface area (Å²) in [6.45, 7) is 0. The lowest BCUT2D eigenvalue weighted by Gasteiger charge is -2.07. The highest BCUT2D eigenvalue weighted by Crippen LogP contribution is 2.19. The lowest BCUT2D eigenvalue weighted by molar-refractivity contribution is 0.102. The van der Waals surface area contributed by atoms with Crippen molar-refractivity contribution in [3.8, 4) is 0 Å². The predicted octanol–water partition coefficient (Wildman–Crippen LogP) is 2.81. The average Bonchev–Trinajstić information content (AvgIpc) is 2.39. The molecule has 0 aliphatic heterocycles. The molecule has 4 nitrogen and oxygen atoms in total. The number of hydrogen-bond acceptors (Lipinski definition) is 2. The number of rotatable bonds is 2. The first-order chi connectivity index (χ1) is 9.38. The summed E-state index contributed by atoms with van der Waals surface area (Å²) < 4.78 is 39.2. The van der Waals surface area contributed by atoms with Gasteiger partial charge < -0.3 is 10.3 Å². The molecule has 0 saturated carbocycles. The van der Waals surface area contributed by atoms with Crippen LogP contribution in [0.4, 0.5) is 18.9 Å². The van der Waals surface area contributed by atoms with Gasteiger partial charge in [-0.25, -0.2) is 13.2 Å².